The van der Waals surface area contributed by atoms with Crippen LogP contribution in [0.3, 0.4) is 0 Å². The SMILES string of the molecule is CC(=N[N-]C(=[SH+])Nc1ccc([N+](=O)[O-])cc1)c1ccccn1.[Cl][Cu][Cl]. The van der Waals surface area contributed by atoms with Gasteiger partial charge in [-0.15, -0.1) is 0 Å². The van der Waals surface area contributed by atoms with Gasteiger partial charge in [-0.2, -0.15) is 0 Å². The van der Waals surface area contributed by atoms with E-state index in [1.165, 1.54) is 12.1 Å². The number of halogens is 2. The van der Waals surface area contributed by atoms with Gasteiger partial charge >= 0.3 is 33.3 Å². The first-order valence-corrected chi connectivity index (χ1v) is 9.57. The van der Waals surface area contributed by atoms with Gasteiger partial charge in [0.1, 0.15) is 0 Å². The van der Waals surface area contributed by atoms with Crippen LogP contribution in [0.2, 0.25) is 0 Å². The molecule has 0 radical (unpaired) electrons. The van der Waals surface area contributed by atoms with Crippen molar-refractivity contribution in [2.24, 2.45) is 5.10 Å². The van der Waals surface area contributed by atoms with E-state index in [1.54, 1.807) is 25.3 Å². The average molecular weight is 450 g/mol. The molecule has 0 amide bonds. The maximum absolute atomic E-state index is 10.6. The first-order chi connectivity index (χ1) is 12.0. The fourth-order valence-electron chi connectivity index (χ4n) is 1.57. The van der Waals surface area contributed by atoms with E-state index in [2.05, 4.69) is 53.2 Å². The zero-order chi connectivity index (χ0) is 18.7. The van der Waals surface area contributed by atoms with E-state index in [0.717, 1.165) is 18.8 Å². The Morgan fingerprint density at radius 1 is 1.32 bits per heavy atom. The van der Waals surface area contributed by atoms with Crippen LogP contribution in [0.15, 0.2) is 53.8 Å². The van der Waals surface area contributed by atoms with Gasteiger partial charge < -0.3 is 15.8 Å². The Kier molecular flexibility index (Phi) is 9.98. The number of rotatable bonds is 4. The molecule has 137 valence electrons. The molecule has 0 spiro atoms. The fourth-order valence-corrected chi connectivity index (χ4v) is 1.74. The minimum absolute atomic E-state index is 0.0206. The van der Waals surface area contributed by atoms with Crippen LogP contribution >= 0.6 is 20.2 Å². The zero-order valence-corrected chi connectivity index (χ0v) is 16.1. The first kappa shape index (κ1) is 21.3. The third-order valence-electron chi connectivity index (χ3n) is 2.66. The van der Waals surface area contributed by atoms with Crippen molar-refractivity contribution < 1.29 is 18.1 Å². The molecule has 1 N–H and O–H groups in total. The minimum atomic E-state index is -0.458. The molecule has 2 rings (SSSR count). The second-order valence-corrected chi connectivity index (χ2v) is 6.27. The molecule has 1 aromatic heterocycles. The van der Waals surface area contributed by atoms with Gasteiger partial charge in [-0.05, 0) is 31.2 Å². The van der Waals surface area contributed by atoms with Crippen LogP contribution in [-0.2, 0) is 25.4 Å². The summed E-state index contributed by atoms with van der Waals surface area (Å²) in [7, 11) is 9.34. The number of thiol groups is 1. The summed E-state index contributed by atoms with van der Waals surface area (Å²) in [5, 5.41) is 17.7. The van der Waals surface area contributed by atoms with Gasteiger partial charge in [-0.3, -0.25) is 15.1 Å². The molecular formula is C14H13Cl2CuN5O2S. The van der Waals surface area contributed by atoms with Crippen LogP contribution in [0, 0.1) is 10.1 Å². The summed E-state index contributed by atoms with van der Waals surface area (Å²) >= 11 is 4.93. The third-order valence-corrected chi connectivity index (χ3v) is 2.87. The number of benzene rings is 1. The molecular weight excluding hydrogens is 437 g/mol. The molecule has 0 fully saturated rings. The molecule has 25 heavy (non-hydrogen) atoms. The van der Waals surface area contributed by atoms with Crippen LogP contribution in [0.1, 0.15) is 12.6 Å². The third kappa shape index (κ3) is 8.24. The van der Waals surface area contributed by atoms with E-state index in [1.807, 2.05) is 18.2 Å². The van der Waals surface area contributed by atoms with Crippen molar-refractivity contribution in [1.29, 1.82) is 0 Å². The molecule has 0 aliphatic carbocycles. The number of hydrogen-bond acceptors (Lipinski definition) is 4. The summed E-state index contributed by atoms with van der Waals surface area (Å²) in [6, 6.07) is 11.4. The second kappa shape index (κ2) is 11.7. The van der Waals surface area contributed by atoms with E-state index in [4.69, 9.17) is 0 Å². The molecule has 7 nitrogen and oxygen atoms in total. The van der Waals surface area contributed by atoms with Gasteiger partial charge in [-0.25, -0.2) is 0 Å². The summed E-state index contributed by atoms with van der Waals surface area (Å²) in [6.07, 6.45) is 1.68. The summed E-state index contributed by atoms with van der Waals surface area (Å²) in [4.78, 5) is 14.3. The molecule has 0 saturated heterocycles. The molecule has 1 aromatic carbocycles. The molecule has 0 bridgehead atoms. The van der Waals surface area contributed by atoms with Crippen molar-refractivity contribution in [3.8, 4) is 0 Å². The van der Waals surface area contributed by atoms with E-state index >= 15 is 0 Å². The van der Waals surface area contributed by atoms with Gasteiger partial charge in [0, 0.05) is 29.7 Å². The van der Waals surface area contributed by atoms with Crippen LogP contribution in [0.5, 0.6) is 0 Å². The predicted octanol–water partition coefficient (Wildman–Crippen LogP) is 3.94. The van der Waals surface area contributed by atoms with E-state index in [0.29, 0.717) is 11.4 Å². The van der Waals surface area contributed by atoms with Crippen molar-refractivity contribution >= 4 is 54.6 Å². The van der Waals surface area contributed by atoms with Crippen LogP contribution in [0.4, 0.5) is 11.4 Å². The fraction of sp³-hybridized carbons (Fsp3) is 0.0714. The van der Waals surface area contributed by atoms with Gasteiger partial charge in [0.15, 0.2) is 12.2 Å². The Morgan fingerprint density at radius 3 is 2.48 bits per heavy atom. The summed E-state index contributed by atoms with van der Waals surface area (Å²) < 4.78 is 0. The Hall–Kier alpha value is -1.77. The molecule has 2 aromatic rings. The predicted molar refractivity (Wildman–Crippen MR) is 102 cm³/mol. The maximum atomic E-state index is 10.6. The number of non-ortho nitro benzene ring substituents is 1. The quantitative estimate of drug-likeness (QED) is 0.145. The summed E-state index contributed by atoms with van der Waals surface area (Å²) in [5.74, 6) is 0. The molecule has 0 atom stereocenters. The van der Waals surface area contributed by atoms with E-state index in [-0.39, 0.29) is 10.8 Å². The number of nitro benzene ring substituents is 1. The monoisotopic (exact) mass is 448 g/mol. The number of nitrogens with one attached hydrogen (secondary N) is 1. The Bertz CT molecular complexity index is 732. The van der Waals surface area contributed by atoms with E-state index < -0.39 is 4.92 Å². The second-order valence-electron chi connectivity index (χ2n) is 4.30. The topological polar surface area (TPSA) is 94.5 Å². The Labute approximate surface area is 164 Å². The number of nitrogens with zero attached hydrogens (tertiary/aromatic N) is 4. The average Bonchev–Trinajstić information content (AvgIpc) is 2.61. The van der Waals surface area contributed by atoms with E-state index in [9.17, 15) is 10.1 Å². The van der Waals surface area contributed by atoms with Crippen molar-refractivity contribution in [3.05, 3.63) is 69.9 Å². The summed E-state index contributed by atoms with van der Waals surface area (Å²) in [6.45, 7) is 1.79. The molecule has 1 heterocycles. The Morgan fingerprint density at radius 2 is 1.96 bits per heavy atom. The number of anilines is 1. The number of hydrogen-bond donors (Lipinski definition) is 1. The van der Waals surface area contributed by atoms with Crippen molar-refractivity contribution in [2.75, 3.05) is 5.32 Å². The number of aromatic nitrogens is 1. The van der Waals surface area contributed by atoms with Crippen LogP contribution in [0.25, 0.3) is 5.43 Å². The normalized spacial score (nSPS) is 10.4. The number of nitro groups is 1. The molecule has 0 aliphatic rings. The van der Waals surface area contributed by atoms with Gasteiger partial charge in [0.05, 0.1) is 10.6 Å². The standard InChI is InChI=1S/C14H13N5O2S.2ClH.Cu/c1-10(13-4-2-3-9-15-13)17-18-14(22)16-11-5-7-12(8-6-11)19(20)21;;;/h2-9H,1H3,(H2,15,16,18,22);2*1H;/q;;;+2/p-2. The Balaban J connectivity index is 0.000000970. The van der Waals surface area contributed by atoms with Crippen molar-refractivity contribution in [1.82, 2.24) is 4.98 Å². The van der Waals surface area contributed by atoms with Gasteiger partial charge in [0.2, 0.25) is 5.11 Å². The molecule has 0 unspecified atom stereocenters. The molecule has 0 aliphatic heterocycles. The van der Waals surface area contributed by atoms with Crippen molar-refractivity contribution in [3.63, 3.8) is 0 Å². The number of pyridine rings is 1. The van der Waals surface area contributed by atoms with Crippen LogP contribution in [-0.4, -0.2) is 20.7 Å². The molecule has 11 heteroatoms. The van der Waals surface area contributed by atoms with Crippen molar-refractivity contribution in [2.45, 2.75) is 6.92 Å². The van der Waals surface area contributed by atoms with Crippen LogP contribution < -0.4 is 5.32 Å². The molecule has 0 saturated carbocycles. The first-order valence-electron chi connectivity index (χ1n) is 6.53. The van der Waals surface area contributed by atoms with Gasteiger partial charge in [-0.1, -0.05) is 6.07 Å². The van der Waals surface area contributed by atoms with Gasteiger partial charge in [0.25, 0.3) is 5.69 Å². The summed E-state index contributed by atoms with van der Waals surface area (Å²) in [5.41, 5.74) is 5.96. The zero-order valence-electron chi connectivity index (χ0n) is 12.7.